The van der Waals surface area contributed by atoms with Crippen LogP contribution in [0.25, 0.3) is 0 Å². The van der Waals surface area contributed by atoms with Crippen LogP contribution < -0.4 is 0 Å². The van der Waals surface area contributed by atoms with Gasteiger partial charge in [0.1, 0.15) is 11.9 Å². The number of hydrogen-bond acceptors (Lipinski definition) is 3. The van der Waals surface area contributed by atoms with Crippen LogP contribution in [0, 0.1) is 5.92 Å². The first-order valence-electron chi connectivity index (χ1n) is 7.06. The zero-order valence-electron chi connectivity index (χ0n) is 10.9. The minimum Gasteiger partial charge on any atom is -0.484 e. The Morgan fingerprint density at radius 2 is 2.28 bits per heavy atom. The van der Waals surface area contributed by atoms with Crippen molar-refractivity contribution < 1.29 is 4.74 Å². The van der Waals surface area contributed by atoms with Crippen LogP contribution in [0.2, 0.25) is 0 Å². The van der Waals surface area contributed by atoms with Crippen LogP contribution in [-0.4, -0.2) is 41.6 Å². The van der Waals surface area contributed by atoms with Crippen LogP contribution in [-0.2, 0) is 4.74 Å². The number of fused-ring (bicyclic) bond motifs is 3. The number of allylic oxidation sites excluding steroid dienone is 1. The van der Waals surface area contributed by atoms with Crippen molar-refractivity contribution in [2.24, 2.45) is 5.92 Å². The highest BCUT2D eigenvalue weighted by Crippen LogP contribution is 2.33. The van der Waals surface area contributed by atoms with Crippen LogP contribution in [0.4, 0.5) is 0 Å². The van der Waals surface area contributed by atoms with E-state index in [0.717, 1.165) is 11.7 Å². The van der Waals surface area contributed by atoms with Crippen molar-refractivity contribution in [1.29, 1.82) is 0 Å². The van der Waals surface area contributed by atoms with Gasteiger partial charge < -0.3 is 14.5 Å². The molecule has 0 aliphatic carbocycles. The molecule has 0 aromatic carbocycles. The molecule has 2 bridgehead atoms. The van der Waals surface area contributed by atoms with E-state index in [4.69, 9.17) is 4.74 Å². The van der Waals surface area contributed by atoms with Gasteiger partial charge in [0.25, 0.3) is 0 Å². The highest BCUT2D eigenvalue weighted by atomic mass is 16.5. The second-order valence-electron chi connectivity index (χ2n) is 6.01. The SMILES string of the molecule is CC1C=C2C=CN([C@@H]3C[C@H]4CCN(C4)C3)C=C2O1. The molecular weight excluding hydrogens is 224 g/mol. The van der Waals surface area contributed by atoms with E-state index in [1.807, 2.05) is 0 Å². The van der Waals surface area contributed by atoms with Gasteiger partial charge in [-0.3, -0.25) is 0 Å². The van der Waals surface area contributed by atoms with Gasteiger partial charge in [0.15, 0.2) is 0 Å². The Hall–Kier alpha value is -1.22. The van der Waals surface area contributed by atoms with E-state index < -0.39 is 0 Å². The summed E-state index contributed by atoms with van der Waals surface area (Å²) in [6, 6.07) is 0.635. The molecule has 0 aromatic rings. The quantitative estimate of drug-likeness (QED) is 0.702. The molecular formula is C15H20N2O. The van der Waals surface area contributed by atoms with Gasteiger partial charge >= 0.3 is 0 Å². The highest BCUT2D eigenvalue weighted by molar-refractivity contribution is 5.43. The van der Waals surface area contributed by atoms with E-state index in [1.54, 1.807) is 0 Å². The fraction of sp³-hybridized carbons (Fsp3) is 0.600. The Balaban J connectivity index is 1.54. The van der Waals surface area contributed by atoms with Crippen LogP contribution in [0.1, 0.15) is 19.8 Å². The number of ether oxygens (including phenoxy) is 1. The Kier molecular flexibility index (Phi) is 2.31. The van der Waals surface area contributed by atoms with E-state index in [9.17, 15) is 0 Å². The lowest BCUT2D eigenvalue weighted by Gasteiger charge is -2.37. The predicted octanol–water partition coefficient (Wildman–Crippen LogP) is 2.10. The maximum absolute atomic E-state index is 5.82. The topological polar surface area (TPSA) is 15.7 Å². The molecule has 0 amide bonds. The molecule has 4 heterocycles. The first-order chi connectivity index (χ1) is 8.78. The summed E-state index contributed by atoms with van der Waals surface area (Å²) in [5.74, 6) is 1.97. The monoisotopic (exact) mass is 244 g/mol. The lowest BCUT2D eigenvalue weighted by molar-refractivity contribution is 0.157. The van der Waals surface area contributed by atoms with Crippen molar-refractivity contribution in [2.75, 3.05) is 19.6 Å². The summed E-state index contributed by atoms with van der Waals surface area (Å²) in [6.45, 7) is 5.92. The Morgan fingerprint density at radius 1 is 1.33 bits per heavy atom. The van der Waals surface area contributed by atoms with E-state index >= 15 is 0 Å². The summed E-state index contributed by atoms with van der Waals surface area (Å²) in [4.78, 5) is 4.98. The minimum atomic E-state index is 0.224. The van der Waals surface area contributed by atoms with Crippen molar-refractivity contribution in [3.05, 3.63) is 35.9 Å². The van der Waals surface area contributed by atoms with Crippen LogP contribution in [0.5, 0.6) is 0 Å². The molecule has 0 saturated carbocycles. The molecule has 18 heavy (non-hydrogen) atoms. The molecule has 4 atom stereocenters. The van der Waals surface area contributed by atoms with E-state index in [1.165, 1.54) is 38.0 Å². The van der Waals surface area contributed by atoms with Crippen molar-refractivity contribution >= 4 is 0 Å². The Bertz CT molecular complexity index is 439. The number of nitrogens with zero attached hydrogens (tertiary/aromatic N) is 2. The van der Waals surface area contributed by atoms with E-state index in [0.29, 0.717) is 6.04 Å². The molecule has 2 unspecified atom stereocenters. The summed E-state index contributed by atoms with van der Waals surface area (Å²) in [5, 5.41) is 0. The summed E-state index contributed by atoms with van der Waals surface area (Å²) >= 11 is 0. The molecule has 0 aromatic heterocycles. The molecule has 4 aliphatic rings. The normalized spacial score (nSPS) is 41.3. The third kappa shape index (κ3) is 1.69. The molecule has 0 N–H and O–H groups in total. The summed E-state index contributed by atoms with van der Waals surface area (Å²) < 4.78 is 5.82. The maximum Gasteiger partial charge on any atom is 0.143 e. The summed E-state index contributed by atoms with van der Waals surface area (Å²) in [5.41, 5.74) is 1.25. The van der Waals surface area contributed by atoms with Gasteiger partial charge in [-0.1, -0.05) is 0 Å². The van der Waals surface area contributed by atoms with Crippen molar-refractivity contribution in [2.45, 2.75) is 31.9 Å². The summed E-state index contributed by atoms with van der Waals surface area (Å²) in [6.07, 6.45) is 11.8. The Morgan fingerprint density at radius 3 is 3.17 bits per heavy atom. The molecule has 0 spiro atoms. The second kappa shape index (κ2) is 3.89. The molecule has 2 saturated heterocycles. The molecule has 2 fully saturated rings. The number of hydrogen-bond donors (Lipinski definition) is 0. The first kappa shape index (κ1) is 10.7. The number of rotatable bonds is 1. The lowest BCUT2D eigenvalue weighted by Crippen LogP contribution is -2.43. The smallest absolute Gasteiger partial charge is 0.143 e. The maximum atomic E-state index is 5.82. The third-order valence-electron chi connectivity index (χ3n) is 4.57. The van der Waals surface area contributed by atoms with Crippen LogP contribution >= 0.6 is 0 Å². The van der Waals surface area contributed by atoms with Gasteiger partial charge in [-0.25, -0.2) is 0 Å². The summed E-state index contributed by atoms with van der Waals surface area (Å²) in [7, 11) is 0. The molecule has 4 rings (SSSR count). The standard InChI is InChI=1S/C15H20N2O/c1-11-6-13-3-5-17(10-15(13)18-11)14-7-12-2-4-16(8-12)9-14/h3,5-6,10-12,14H,2,4,7-9H2,1H3/t11?,12-,14-/m1/s1. The molecule has 3 heteroatoms. The van der Waals surface area contributed by atoms with Crippen molar-refractivity contribution in [1.82, 2.24) is 9.80 Å². The average molecular weight is 244 g/mol. The van der Waals surface area contributed by atoms with E-state index in [-0.39, 0.29) is 6.10 Å². The minimum absolute atomic E-state index is 0.224. The predicted molar refractivity (Wildman–Crippen MR) is 70.6 cm³/mol. The largest absolute Gasteiger partial charge is 0.484 e. The highest BCUT2D eigenvalue weighted by Gasteiger charge is 2.35. The van der Waals surface area contributed by atoms with Gasteiger partial charge in [0.2, 0.25) is 0 Å². The average Bonchev–Trinajstić information content (AvgIpc) is 2.89. The fourth-order valence-electron chi connectivity index (χ4n) is 3.70. The molecule has 3 nitrogen and oxygen atoms in total. The van der Waals surface area contributed by atoms with Gasteiger partial charge in [-0.05, 0) is 44.4 Å². The van der Waals surface area contributed by atoms with Crippen molar-refractivity contribution in [3.63, 3.8) is 0 Å². The molecule has 0 radical (unpaired) electrons. The first-order valence-corrected chi connectivity index (χ1v) is 7.06. The lowest BCUT2D eigenvalue weighted by atomic mass is 9.95. The molecule has 96 valence electrons. The Labute approximate surface area is 108 Å². The number of piperidine rings is 1. The van der Waals surface area contributed by atoms with Gasteiger partial charge in [0, 0.05) is 37.1 Å². The van der Waals surface area contributed by atoms with Crippen LogP contribution in [0.3, 0.4) is 0 Å². The van der Waals surface area contributed by atoms with Gasteiger partial charge in [0.05, 0.1) is 0 Å². The van der Waals surface area contributed by atoms with Crippen LogP contribution in [0.15, 0.2) is 35.9 Å². The van der Waals surface area contributed by atoms with E-state index in [2.05, 4.69) is 41.3 Å². The van der Waals surface area contributed by atoms with Gasteiger partial charge in [-0.2, -0.15) is 0 Å². The van der Waals surface area contributed by atoms with Crippen molar-refractivity contribution in [3.8, 4) is 0 Å². The van der Waals surface area contributed by atoms with Gasteiger partial charge in [-0.15, -0.1) is 0 Å². The third-order valence-corrected chi connectivity index (χ3v) is 4.57. The zero-order chi connectivity index (χ0) is 12.1. The second-order valence-corrected chi connectivity index (χ2v) is 6.01. The fourth-order valence-corrected chi connectivity index (χ4v) is 3.70. The molecule has 4 aliphatic heterocycles. The zero-order valence-corrected chi connectivity index (χ0v) is 10.9.